The Morgan fingerprint density at radius 1 is 0.733 bits per heavy atom. The summed E-state index contributed by atoms with van der Waals surface area (Å²) in [7, 11) is 0. The molecule has 0 saturated carbocycles. The van der Waals surface area contributed by atoms with Gasteiger partial charge in [0.2, 0.25) is 0 Å². The lowest BCUT2D eigenvalue weighted by molar-refractivity contribution is 0.0357. The molecule has 0 unspecified atom stereocenters. The fraction of sp³-hybridized carbons (Fsp3) is 1.00. The maximum atomic E-state index is 9.40. The fourth-order valence-electron chi connectivity index (χ4n) is 1.97. The first-order valence-corrected chi connectivity index (χ1v) is 6.46. The summed E-state index contributed by atoms with van der Waals surface area (Å²) < 4.78 is 0. The second-order valence-electron chi connectivity index (χ2n) is 4.73. The van der Waals surface area contributed by atoms with Gasteiger partial charge >= 0.3 is 0 Å². The van der Waals surface area contributed by atoms with Crippen LogP contribution in [0, 0.1) is 5.41 Å². The van der Waals surface area contributed by atoms with Crippen LogP contribution in [0.15, 0.2) is 0 Å². The van der Waals surface area contributed by atoms with Crippen LogP contribution in [-0.4, -0.2) is 23.4 Å². The molecule has 2 heteroatoms. The third-order valence-electron chi connectivity index (χ3n) is 3.29. The zero-order chi connectivity index (χ0) is 11.6. The van der Waals surface area contributed by atoms with Crippen molar-refractivity contribution in [3.63, 3.8) is 0 Å². The highest BCUT2D eigenvalue weighted by atomic mass is 16.3. The van der Waals surface area contributed by atoms with E-state index in [1.807, 2.05) is 0 Å². The molecule has 92 valence electrons. The molecule has 2 nitrogen and oxygen atoms in total. The summed E-state index contributed by atoms with van der Waals surface area (Å²) >= 11 is 0. The first-order valence-electron chi connectivity index (χ1n) is 6.46. The molecule has 2 N–H and O–H groups in total. The zero-order valence-corrected chi connectivity index (χ0v) is 10.5. The average Bonchev–Trinajstić information content (AvgIpc) is 2.29. The van der Waals surface area contributed by atoms with Crippen LogP contribution in [0.5, 0.6) is 0 Å². The van der Waals surface area contributed by atoms with Gasteiger partial charge in [-0.2, -0.15) is 0 Å². The van der Waals surface area contributed by atoms with Crippen LogP contribution >= 0.6 is 0 Å². The quantitative estimate of drug-likeness (QED) is 0.551. The molecule has 0 aliphatic heterocycles. The number of rotatable bonds is 10. The highest BCUT2D eigenvalue weighted by Gasteiger charge is 2.27. The van der Waals surface area contributed by atoms with E-state index in [0.29, 0.717) is 0 Å². The predicted octanol–water partition coefficient (Wildman–Crippen LogP) is 3.12. The van der Waals surface area contributed by atoms with Crippen molar-refractivity contribution in [3.8, 4) is 0 Å². The van der Waals surface area contributed by atoms with Crippen molar-refractivity contribution in [2.75, 3.05) is 13.2 Å². The number of aliphatic hydroxyl groups excluding tert-OH is 2. The van der Waals surface area contributed by atoms with Gasteiger partial charge in [-0.25, -0.2) is 0 Å². The summed E-state index contributed by atoms with van der Waals surface area (Å²) in [5, 5.41) is 18.8. The zero-order valence-electron chi connectivity index (χ0n) is 10.5. The summed E-state index contributed by atoms with van der Waals surface area (Å²) in [4.78, 5) is 0. The van der Waals surface area contributed by atoms with E-state index < -0.39 is 0 Å². The molecule has 0 heterocycles. The average molecular weight is 216 g/mol. The van der Waals surface area contributed by atoms with Gasteiger partial charge in [-0.1, -0.05) is 52.4 Å². The fourth-order valence-corrected chi connectivity index (χ4v) is 1.97. The lowest BCUT2D eigenvalue weighted by Crippen LogP contribution is -2.29. The van der Waals surface area contributed by atoms with Crippen molar-refractivity contribution < 1.29 is 10.2 Å². The van der Waals surface area contributed by atoms with Gasteiger partial charge in [0.25, 0.3) is 0 Å². The topological polar surface area (TPSA) is 40.5 Å². The highest BCUT2D eigenvalue weighted by molar-refractivity contribution is 4.77. The molecule has 0 aromatic heterocycles. The summed E-state index contributed by atoms with van der Waals surface area (Å²) in [6, 6.07) is 0. The lowest BCUT2D eigenvalue weighted by atomic mass is 9.79. The van der Waals surface area contributed by atoms with E-state index in [9.17, 15) is 10.2 Å². The van der Waals surface area contributed by atoms with E-state index in [1.54, 1.807) is 0 Å². The standard InChI is InChI=1S/C13H28O2/c1-3-5-7-8-10-13(11-14,12-15)9-6-4-2/h14-15H,3-12H2,1-2H3. The molecule has 0 rings (SSSR count). The molecule has 0 amide bonds. The smallest absolute Gasteiger partial charge is 0.0509 e. The monoisotopic (exact) mass is 216 g/mol. The van der Waals surface area contributed by atoms with Crippen LogP contribution in [-0.2, 0) is 0 Å². The second-order valence-corrected chi connectivity index (χ2v) is 4.73. The molecular weight excluding hydrogens is 188 g/mol. The van der Waals surface area contributed by atoms with Crippen molar-refractivity contribution in [2.24, 2.45) is 5.41 Å². The van der Waals surface area contributed by atoms with Crippen LogP contribution in [0.2, 0.25) is 0 Å². The second kappa shape index (κ2) is 9.17. The maximum absolute atomic E-state index is 9.40. The van der Waals surface area contributed by atoms with Crippen LogP contribution in [0.1, 0.15) is 65.2 Å². The van der Waals surface area contributed by atoms with Gasteiger partial charge in [0, 0.05) is 5.41 Å². The first-order chi connectivity index (χ1) is 7.24. The van der Waals surface area contributed by atoms with Gasteiger partial charge in [0.1, 0.15) is 0 Å². The Labute approximate surface area is 94.7 Å². The summed E-state index contributed by atoms with van der Waals surface area (Å²) in [6.07, 6.45) is 9.04. The molecule has 0 aliphatic rings. The largest absolute Gasteiger partial charge is 0.396 e. The Morgan fingerprint density at radius 2 is 1.27 bits per heavy atom. The first kappa shape index (κ1) is 14.9. The summed E-state index contributed by atoms with van der Waals surface area (Å²) in [6.45, 7) is 4.62. The number of hydrogen-bond acceptors (Lipinski definition) is 2. The molecule has 0 bridgehead atoms. The Balaban J connectivity index is 3.88. The molecule has 0 aliphatic carbocycles. The van der Waals surface area contributed by atoms with Crippen molar-refractivity contribution in [3.05, 3.63) is 0 Å². The van der Waals surface area contributed by atoms with E-state index >= 15 is 0 Å². The van der Waals surface area contributed by atoms with Crippen LogP contribution < -0.4 is 0 Å². The molecule has 0 fully saturated rings. The Kier molecular flexibility index (Phi) is 9.12. The van der Waals surface area contributed by atoms with Crippen LogP contribution in [0.25, 0.3) is 0 Å². The van der Waals surface area contributed by atoms with Gasteiger partial charge in [-0.15, -0.1) is 0 Å². The lowest BCUT2D eigenvalue weighted by Gasteiger charge is -2.29. The minimum atomic E-state index is -0.205. The summed E-state index contributed by atoms with van der Waals surface area (Å²) in [5.41, 5.74) is -0.205. The molecule has 0 aromatic rings. The van der Waals surface area contributed by atoms with Gasteiger partial charge in [-0.05, 0) is 12.8 Å². The Morgan fingerprint density at radius 3 is 1.73 bits per heavy atom. The minimum Gasteiger partial charge on any atom is -0.396 e. The van der Waals surface area contributed by atoms with Gasteiger partial charge in [0.05, 0.1) is 13.2 Å². The minimum absolute atomic E-state index is 0.135. The van der Waals surface area contributed by atoms with E-state index in [1.165, 1.54) is 19.3 Å². The normalized spacial score (nSPS) is 12.0. The van der Waals surface area contributed by atoms with E-state index in [4.69, 9.17) is 0 Å². The van der Waals surface area contributed by atoms with Crippen LogP contribution in [0.4, 0.5) is 0 Å². The number of unbranched alkanes of at least 4 members (excludes halogenated alkanes) is 4. The molecule has 0 aromatic carbocycles. The van der Waals surface area contributed by atoms with Crippen molar-refractivity contribution in [1.29, 1.82) is 0 Å². The SMILES string of the molecule is CCCCCCC(CO)(CO)CCCC. The van der Waals surface area contributed by atoms with Gasteiger partial charge in [-0.3, -0.25) is 0 Å². The third-order valence-corrected chi connectivity index (χ3v) is 3.29. The highest BCUT2D eigenvalue weighted by Crippen LogP contribution is 2.30. The molecule has 0 radical (unpaired) electrons. The van der Waals surface area contributed by atoms with Crippen molar-refractivity contribution in [1.82, 2.24) is 0 Å². The number of hydrogen-bond donors (Lipinski definition) is 2. The van der Waals surface area contributed by atoms with E-state index in [0.717, 1.165) is 32.1 Å². The molecule has 0 saturated heterocycles. The van der Waals surface area contributed by atoms with Crippen LogP contribution in [0.3, 0.4) is 0 Å². The molecular formula is C13H28O2. The number of aliphatic hydroxyl groups is 2. The summed E-state index contributed by atoms with van der Waals surface area (Å²) in [5.74, 6) is 0. The Hall–Kier alpha value is -0.0800. The maximum Gasteiger partial charge on any atom is 0.0509 e. The third kappa shape index (κ3) is 6.16. The molecule has 0 atom stereocenters. The van der Waals surface area contributed by atoms with E-state index in [2.05, 4.69) is 13.8 Å². The predicted molar refractivity (Wildman–Crippen MR) is 64.9 cm³/mol. The van der Waals surface area contributed by atoms with Crippen molar-refractivity contribution in [2.45, 2.75) is 65.2 Å². The van der Waals surface area contributed by atoms with Gasteiger partial charge in [0.15, 0.2) is 0 Å². The van der Waals surface area contributed by atoms with Crippen molar-refractivity contribution >= 4 is 0 Å². The molecule has 15 heavy (non-hydrogen) atoms. The molecule has 0 spiro atoms. The van der Waals surface area contributed by atoms with Gasteiger partial charge < -0.3 is 10.2 Å². The van der Waals surface area contributed by atoms with E-state index in [-0.39, 0.29) is 18.6 Å². The Bertz CT molecular complexity index is 130.